The Morgan fingerprint density at radius 1 is 1.11 bits per heavy atom. The van der Waals surface area contributed by atoms with E-state index in [-0.39, 0.29) is 18.8 Å². The monoisotopic (exact) mass is 319 g/mol. The molecule has 102 valence electrons. The van der Waals surface area contributed by atoms with Crippen molar-refractivity contribution in [1.82, 2.24) is 4.90 Å². The molecule has 0 radical (unpaired) electrons. The summed E-state index contributed by atoms with van der Waals surface area (Å²) in [6, 6.07) is 0. The number of halogens is 1. The maximum atomic E-state index is 11.6. The van der Waals surface area contributed by atoms with E-state index < -0.39 is 11.9 Å². The van der Waals surface area contributed by atoms with Crippen LogP contribution in [-0.2, 0) is 19.1 Å². The number of esters is 2. The van der Waals surface area contributed by atoms with Crippen LogP contribution in [0.2, 0.25) is 0 Å². The van der Waals surface area contributed by atoms with Gasteiger partial charge in [0.05, 0.1) is 13.2 Å². The molecule has 0 aliphatic heterocycles. The van der Waals surface area contributed by atoms with Gasteiger partial charge >= 0.3 is 11.9 Å². The molecule has 0 N–H and O–H groups in total. The van der Waals surface area contributed by atoms with Crippen LogP contribution in [0.15, 0.2) is 22.3 Å². The lowest BCUT2D eigenvalue weighted by atomic mass is 10.2. The van der Waals surface area contributed by atoms with E-state index in [0.29, 0.717) is 4.48 Å². The van der Waals surface area contributed by atoms with Gasteiger partial charge in [-0.2, -0.15) is 0 Å². The lowest BCUT2D eigenvalue weighted by Gasteiger charge is -2.08. The minimum Gasteiger partial charge on any atom is -0.462 e. The van der Waals surface area contributed by atoms with Gasteiger partial charge in [0.15, 0.2) is 0 Å². The molecule has 0 aliphatic rings. The Hall–Kier alpha value is -1.30. The van der Waals surface area contributed by atoms with E-state index in [1.165, 1.54) is 6.08 Å². The molecule has 0 aromatic heterocycles. The maximum absolute atomic E-state index is 11.6. The van der Waals surface area contributed by atoms with Gasteiger partial charge in [-0.1, -0.05) is 0 Å². The summed E-state index contributed by atoms with van der Waals surface area (Å²) in [6.07, 6.45) is 3.09. The topological polar surface area (TPSA) is 55.8 Å². The van der Waals surface area contributed by atoms with Crippen LogP contribution in [-0.4, -0.2) is 44.1 Å². The van der Waals surface area contributed by atoms with E-state index in [2.05, 4.69) is 15.9 Å². The van der Waals surface area contributed by atoms with E-state index >= 15 is 0 Å². The molecule has 0 aliphatic carbocycles. The highest BCUT2D eigenvalue weighted by atomic mass is 79.9. The van der Waals surface area contributed by atoms with Crippen LogP contribution < -0.4 is 0 Å². The number of rotatable bonds is 6. The lowest BCUT2D eigenvalue weighted by Crippen LogP contribution is -2.18. The van der Waals surface area contributed by atoms with E-state index in [0.717, 1.165) is 0 Å². The van der Waals surface area contributed by atoms with Crippen LogP contribution >= 0.6 is 15.9 Å². The first-order valence-electron chi connectivity index (χ1n) is 5.52. The number of carbonyl (C=O) groups excluding carboxylic acids is 2. The molecule has 0 heterocycles. The van der Waals surface area contributed by atoms with Gasteiger partial charge in [-0.05, 0) is 35.9 Å². The van der Waals surface area contributed by atoms with Crippen molar-refractivity contribution < 1.29 is 19.1 Å². The Kier molecular flexibility index (Phi) is 8.11. The first kappa shape index (κ1) is 16.7. The van der Waals surface area contributed by atoms with Crippen molar-refractivity contribution in [2.24, 2.45) is 0 Å². The van der Waals surface area contributed by atoms with Crippen LogP contribution in [0.25, 0.3) is 0 Å². The summed E-state index contributed by atoms with van der Waals surface area (Å²) in [5.41, 5.74) is -0.135. The normalized spacial score (nSPS) is 10.6. The van der Waals surface area contributed by atoms with Gasteiger partial charge in [-0.25, -0.2) is 9.59 Å². The van der Waals surface area contributed by atoms with Crippen molar-refractivity contribution in [3.05, 3.63) is 22.3 Å². The van der Waals surface area contributed by atoms with E-state index in [9.17, 15) is 9.59 Å². The van der Waals surface area contributed by atoms with Gasteiger partial charge in [0.1, 0.15) is 5.57 Å². The summed E-state index contributed by atoms with van der Waals surface area (Å²) in [5.74, 6) is -1.39. The molecule has 18 heavy (non-hydrogen) atoms. The summed E-state index contributed by atoms with van der Waals surface area (Å²) < 4.78 is 10.2. The molecule has 0 atom stereocenters. The zero-order valence-electron chi connectivity index (χ0n) is 11.0. The molecule has 0 spiro atoms. The van der Waals surface area contributed by atoms with E-state index in [1.807, 2.05) is 14.1 Å². The highest BCUT2D eigenvalue weighted by Gasteiger charge is 2.21. The van der Waals surface area contributed by atoms with Gasteiger partial charge in [0.2, 0.25) is 0 Å². The fourth-order valence-electron chi connectivity index (χ4n) is 1.04. The molecule has 5 nitrogen and oxygen atoms in total. The highest BCUT2D eigenvalue weighted by Crippen LogP contribution is 2.13. The summed E-state index contributed by atoms with van der Waals surface area (Å²) in [6.45, 7) is 3.74. The number of allylic oxidation sites excluding steroid dienone is 2. The third-order valence-corrected chi connectivity index (χ3v) is 2.09. The number of carbonyl (C=O) groups is 2. The standard InChI is InChI=1S/C12H18BrNO4/c1-5-17-11(15)10(12(16)18-6-2)7-9(13)8-14(3)4/h7-8H,5-6H2,1-4H3/b9-8-. The van der Waals surface area contributed by atoms with Gasteiger partial charge in [0.25, 0.3) is 0 Å². The molecule has 0 unspecified atom stereocenters. The fourth-order valence-corrected chi connectivity index (χ4v) is 1.68. The Morgan fingerprint density at radius 2 is 1.56 bits per heavy atom. The zero-order chi connectivity index (χ0) is 14.1. The first-order valence-corrected chi connectivity index (χ1v) is 6.31. The van der Waals surface area contributed by atoms with Crippen LogP contribution in [0.1, 0.15) is 13.8 Å². The fraction of sp³-hybridized carbons (Fsp3) is 0.500. The summed E-state index contributed by atoms with van der Waals surface area (Å²) in [4.78, 5) is 25.0. The SMILES string of the molecule is CCOC(=O)C(=C/C(Br)=C/N(C)C)C(=O)OCC. The molecule has 0 rings (SSSR count). The lowest BCUT2D eigenvalue weighted by molar-refractivity contribution is -0.146. The minimum absolute atomic E-state index is 0.135. The number of nitrogens with zero attached hydrogens (tertiary/aromatic N) is 1. The van der Waals surface area contributed by atoms with E-state index in [4.69, 9.17) is 9.47 Å². The largest absolute Gasteiger partial charge is 0.462 e. The van der Waals surface area contributed by atoms with Crippen LogP contribution in [0.5, 0.6) is 0 Å². The van der Waals surface area contributed by atoms with E-state index in [1.54, 1.807) is 24.9 Å². The van der Waals surface area contributed by atoms with Crippen LogP contribution in [0.3, 0.4) is 0 Å². The number of hydrogen-bond acceptors (Lipinski definition) is 5. The Morgan fingerprint density at radius 3 is 1.89 bits per heavy atom. The first-order chi connectivity index (χ1) is 8.42. The Bertz CT molecular complexity index is 341. The number of ether oxygens (including phenoxy) is 2. The summed E-state index contributed by atoms with van der Waals surface area (Å²) in [5, 5.41) is 0. The molecule has 6 heteroatoms. The van der Waals surface area contributed by atoms with Crippen LogP contribution in [0, 0.1) is 0 Å². The van der Waals surface area contributed by atoms with Gasteiger partial charge < -0.3 is 14.4 Å². The second-order valence-corrected chi connectivity index (χ2v) is 4.39. The molecule has 0 amide bonds. The Labute approximate surface area is 116 Å². The average molecular weight is 320 g/mol. The zero-order valence-corrected chi connectivity index (χ0v) is 12.6. The maximum Gasteiger partial charge on any atom is 0.345 e. The van der Waals surface area contributed by atoms with Crippen LogP contribution in [0.4, 0.5) is 0 Å². The smallest absolute Gasteiger partial charge is 0.345 e. The summed E-state index contributed by atoms with van der Waals surface area (Å²) >= 11 is 3.25. The predicted molar refractivity (Wildman–Crippen MR) is 72.0 cm³/mol. The van der Waals surface area contributed by atoms with Gasteiger partial charge in [0, 0.05) is 24.8 Å². The van der Waals surface area contributed by atoms with Crippen molar-refractivity contribution in [1.29, 1.82) is 0 Å². The number of hydrogen-bond donors (Lipinski definition) is 0. The quantitative estimate of drug-likeness (QED) is 0.246. The second-order valence-electron chi connectivity index (χ2n) is 3.48. The van der Waals surface area contributed by atoms with Crippen molar-refractivity contribution in [2.75, 3.05) is 27.3 Å². The molecule has 0 saturated carbocycles. The average Bonchev–Trinajstić information content (AvgIpc) is 2.25. The minimum atomic E-state index is -0.694. The molecule has 0 aromatic rings. The van der Waals surface area contributed by atoms with Gasteiger partial charge in [-0.15, -0.1) is 0 Å². The third-order valence-electron chi connectivity index (χ3n) is 1.65. The van der Waals surface area contributed by atoms with Crippen molar-refractivity contribution in [3.8, 4) is 0 Å². The second kappa shape index (κ2) is 8.74. The molecular formula is C12H18BrNO4. The van der Waals surface area contributed by atoms with Crippen molar-refractivity contribution in [3.63, 3.8) is 0 Å². The van der Waals surface area contributed by atoms with Crippen molar-refractivity contribution in [2.45, 2.75) is 13.8 Å². The molecule has 0 saturated heterocycles. The van der Waals surface area contributed by atoms with Crippen molar-refractivity contribution >= 4 is 27.9 Å². The molecule has 0 aromatic carbocycles. The predicted octanol–water partition coefficient (Wildman–Crippen LogP) is 1.84. The van der Waals surface area contributed by atoms with Gasteiger partial charge in [-0.3, -0.25) is 0 Å². The molecular weight excluding hydrogens is 302 g/mol. The molecule has 0 fully saturated rings. The highest BCUT2D eigenvalue weighted by molar-refractivity contribution is 9.11. The summed E-state index contributed by atoms with van der Waals surface area (Å²) in [7, 11) is 3.65. The molecule has 0 bridgehead atoms. The Balaban J connectivity index is 5.14. The third kappa shape index (κ3) is 6.44.